The van der Waals surface area contributed by atoms with Gasteiger partial charge >= 0.3 is 0 Å². The maximum Gasteiger partial charge on any atom is 0.270 e. The molecule has 3 aromatic rings. The van der Waals surface area contributed by atoms with E-state index in [1.54, 1.807) is 37.4 Å². The number of benzene rings is 2. The highest BCUT2D eigenvalue weighted by Crippen LogP contribution is 2.19. The van der Waals surface area contributed by atoms with Gasteiger partial charge in [0.05, 0.1) is 4.92 Å². The van der Waals surface area contributed by atoms with Crippen molar-refractivity contribution in [2.45, 2.75) is 0 Å². The molecule has 0 saturated carbocycles. The van der Waals surface area contributed by atoms with Crippen molar-refractivity contribution in [3.8, 4) is 11.4 Å². The number of tetrazole rings is 1. The number of nitro benzene ring substituents is 1. The maximum atomic E-state index is 12.1. The zero-order valence-corrected chi connectivity index (χ0v) is 13.7. The predicted molar refractivity (Wildman–Crippen MR) is 95.0 cm³/mol. The second-order valence-corrected chi connectivity index (χ2v) is 5.38. The van der Waals surface area contributed by atoms with Crippen LogP contribution >= 0.6 is 0 Å². The summed E-state index contributed by atoms with van der Waals surface area (Å²) in [6, 6.07) is 13.1. The van der Waals surface area contributed by atoms with Gasteiger partial charge in [-0.3, -0.25) is 14.9 Å². The Balaban J connectivity index is 1.71. The van der Waals surface area contributed by atoms with Crippen LogP contribution in [0.25, 0.3) is 17.5 Å². The summed E-state index contributed by atoms with van der Waals surface area (Å²) in [5, 5.41) is 24.8. The van der Waals surface area contributed by atoms with Crippen LogP contribution < -0.4 is 5.32 Å². The summed E-state index contributed by atoms with van der Waals surface area (Å²) in [7, 11) is 1.72. The third-order valence-corrected chi connectivity index (χ3v) is 3.52. The number of nitro groups is 1. The van der Waals surface area contributed by atoms with Gasteiger partial charge in [-0.25, -0.2) is 4.68 Å². The number of aromatic nitrogens is 4. The Morgan fingerprint density at radius 3 is 2.77 bits per heavy atom. The highest BCUT2D eigenvalue weighted by atomic mass is 16.6. The van der Waals surface area contributed by atoms with Crippen molar-refractivity contribution in [1.29, 1.82) is 0 Å². The van der Waals surface area contributed by atoms with E-state index in [4.69, 9.17) is 0 Å². The van der Waals surface area contributed by atoms with Gasteiger partial charge in [-0.05, 0) is 34.2 Å². The van der Waals surface area contributed by atoms with Crippen molar-refractivity contribution >= 4 is 23.4 Å². The standard InChI is InChI=1S/C17H14N6O3/c1-22-17(19-20-21-22)13-5-3-6-14(11-13)18-16(24)9-8-12-4-2-7-15(10-12)23(25)26/h2-11H,1H3,(H,18,24)/b9-8+. The molecule has 0 radical (unpaired) electrons. The Bertz CT molecular complexity index is 995. The van der Waals surface area contributed by atoms with E-state index in [0.29, 0.717) is 17.1 Å². The lowest BCUT2D eigenvalue weighted by molar-refractivity contribution is -0.384. The SMILES string of the molecule is Cn1nnnc1-c1cccc(NC(=O)/C=C/c2cccc([N+](=O)[O-])c2)c1. The first-order valence-corrected chi connectivity index (χ1v) is 7.59. The molecule has 1 aromatic heterocycles. The number of amides is 1. The van der Waals surface area contributed by atoms with Gasteiger partial charge in [0.25, 0.3) is 5.69 Å². The number of nitrogens with one attached hydrogen (secondary N) is 1. The van der Waals surface area contributed by atoms with E-state index in [1.807, 2.05) is 6.07 Å². The molecule has 1 heterocycles. The van der Waals surface area contributed by atoms with Gasteiger partial charge in [-0.1, -0.05) is 24.3 Å². The molecule has 2 aromatic carbocycles. The topological polar surface area (TPSA) is 116 Å². The molecule has 0 saturated heterocycles. The van der Waals surface area contributed by atoms with Crippen LogP contribution in [0.15, 0.2) is 54.6 Å². The molecule has 0 unspecified atom stereocenters. The van der Waals surface area contributed by atoms with Gasteiger partial charge in [0.2, 0.25) is 5.91 Å². The van der Waals surface area contributed by atoms with Crippen LogP contribution in [0.1, 0.15) is 5.56 Å². The Hall–Kier alpha value is -3.88. The first-order valence-electron chi connectivity index (χ1n) is 7.59. The van der Waals surface area contributed by atoms with Crippen LogP contribution in [-0.4, -0.2) is 31.0 Å². The highest BCUT2D eigenvalue weighted by Gasteiger charge is 2.07. The Labute approximate surface area is 148 Å². The van der Waals surface area contributed by atoms with E-state index in [9.17, 15) is 14.9 Å². The summed E-state index contributed by atoms with van der Waals surface area (Å²) < 4.78 is 1.53. The molecule has 9 heteroatoms. The molecule has 0 atom stereocenters. The molecule has 26 heavy (non-hydrogen) atoms. The number of rotatable bonds is 5. The first kappa shape index (κ1) is 17.0. The number of carbonyl (C=O) groups excluding carboxylic acids is 1. The second-order valence-electron chi connectivity index (χ2n) is 5.38. The number of carbonyl (C=O) groups is 1. The molecule has 0 bridgehead atoms. The van der Waals surface area contributed by atoms with Crippen LogP contribution in [0.4, 0.5) is 11.4 Å². The maximum absolute atomic E-state index is 12.1. The summed E-state index contributed by atoms with van der Waals surface area (Å²) in [5.74, 6) is 0.220. The van der Waals surface area contributed by atoms with Crippen molar-refractivity contribution in [2.75, 3.05) is 5.32 Å². The number of aryl methyl sites for hydroxylation is 1. The average Bonchev–Trinajstić information content (AvgIpc) is 3.06. The largest absolute Gasteiger partial charge is 0.322 e. The van der Waals surface area contributed by atoms with Crippen molar-refractivity contribution in [3.05, 3.63) is 70.3 Å². The summed E-state index contributed by atoms with van der Waals surface area (Å²) >= 11 is 0. The van der Waals surface area contributed by atoms with Crippen molar-refractivity contribution in [2.24, 2.45) is 7.05 Å². The minimum Gasteiger partial charge on any atom is -0.322 e. The van der Waals surface area contributed by atoms with Gasteiger partial charge in [0, 0.05) is 36.5 Å². The fourth-order valence-electron chi connectivity index (χ4n) is 2.31. The highest BCUT2D eigenvalue weighted by molar-refractivity contribution is 6.02. The molecule has 1 amide bonds. The second kappa shape index (κ2) is 7.34. The van der Waals surface area contributed by atoms with Crippen molar-refractivity contribution in [1.82, 2.24) is 20.2 Å². The van der Waals surface area contributed by atoms with E-state index in [0.717, 1.165) is 5.56 Å². The van der Waals surface area contributed by atoms with Crippen molar-refractivity contribution in [3.63, 3.8) is 0 Å². The predicted octanol–water partition coefficient (Wildman–Crippen LogP) is 2.44. The van der Waals surface area contributed by atoms with E-state index in [1.165, 1.54) is 29.0 Å². The lowest BCUT2D eigenvalue weighted by atomic mass is 10.1. The fourth-order valence-corrected chi connectivity index (χ4v) is 2.31. The van der Waals surface area contributed by atoms with Crippen LogP contribution in [-0.2, 0) is 11.8 Å². The minimum absolute atomic E-state index is 0.0301. The molecular formula is C17H14N6O3. The molecule has 0 aliphatic carbocycles. The summed E-state index contributed by atoms with van der Waals surface area (Å²) in [4.78, 5) is 22.4. The number of hydrogen-bond donors (Lipinski definition) is 1. The number of hydrogen-bond acceptors (Lipinski definition) is 6. The van der Waals surface area contributed by atoms with Crippen molar-refractivity contribution < 1.29 is 9.72 Å². The molecule has 130 valence electrons. The Morgan fingerprint density at radius 1 is 1.23 bits per heavy atom. The summed E-state index contributed by atoms with van der Waals surface area (Å²) in [5.41, 5.74) is 1.88. The lowest BCUT2D eigenvalue weighted by Crippen LogP contribution is -2.07. The van der Waals surface area contributed by atoms with E-state index in [2.05, 4.69) is 20.8 Å². The van der Waals surface area contributed by atoms with Gasteiger partial charge in [0.15, 0.2) is 5.82 Å². The van der Waals surface area contributed by atoms with Crippen LogP contribution in [0.2, 0.25) is 0 Å². The zero-order valence-electron chi connectivity index (χ0n) is 13.7. The molecule has 0 aliphatic heterocycles. The van der Waals surface area contributed by atoms with E-state index < -0.39 is 4.92 Å². The summed E-state index contributed by atoms with van der Waals surface area (Å²) in [6.45, 7) is 0. The normalized spacial score (nSPS) is 10.8. The lowest BCUT2D eigenvalue weighted by Gasteiger charge is -2.05. The van der Waals surface area contributed by atoms with E-state index in [-0.39, 0.29) is 11.6 Å². The molecule has 0 aliphatic rings. The average molecular weight is 350 g/mol. The smallest absolute Gasteiger partial charge is 0.270 e. The third-order valence-electron chi connectivity index (χ3n) is 3.52. The molecule has 0 spiro atoms. The van der Waals surface area contributed by atoms with Gasteiger partial charge in [0.1, 0.15) is 0 Å². The quantitative estimate of drug-likeness (QED) is 0.429. The molecule has 1 N–H and O–H groups in total. The molecule has 3 rings (SSSR count). The molecule has 9 nitrogen and oxygen atoms in total. The molecule has 0 fully saturated rings. The number of nitrogens with zero attached hydrogens (tertiary/aromatic N) is 5. The Morgan fingerprint density at radius 2 is 2.04 bits per heavy atom. The van der Waals surface area contributed by atoms with Gasteiger partial charge < -0.3 is 5.32 Å². The number of anilines is 1. The first-order chi connectivity index (χ1) is 12.5. The number of non-ortho nitro benzene ring substituents is 1. The van der Waals surface area contributed by atoms with Crippen LogP contribution in [0, 0.1) is 10.1 Å². The van der Waals surface area contributed by atoms with E-state index >= 15 is 0 Å². The van der Waals surface area contributed by atoms with Gasteiger partial charge in [-0.15, -0.1) is 5.10 Å². The monoisotopic (exact) mass is 350 g/mol. The van der Waals surface area contributed by atoms with Crippen LogP contribution in [0.3, 0.4) is 0 Å². The minimum atomic E-state index is -0.482. The van der Waals surface area contributed by atoms with Crippen LogP contribution in [0.5, 0.6) is 0 Å². The zero-order chi connectivity index (χ0) is 18.5. The summed E-state index contributed by atoms with van der Waals surface area (Å²) in [6.07, 6.45) is 2.83. The Kier molecular flexibility index (Phi) is 4.79. The third kappa shape index (κ3) is 3.96. The van der Waals surface area contributed by atoms with Gasteiger partial charge in [-0.2, -0.15) is 0 Å². The molecular weight excluding hydrogens is 336 g/mol. The fraction of sp³-hybridized carbons (Fsp3) is 0.0588.